The third kappa shape index (κ3) is 3.69. The molecule has 112 valence electrons. The Balaban J connectivity index is 2.05. The van der Waals surface area contributed by atoms with Crippen molar-refractivity contribution in [3.8, 4) is 0 Å². The normalized spacial score (nSPS) is 11.6. The van der Waals surface area contributed by atoms with E-state index in [-0.39, 0.29) is 0 Å². The van der Waals surface area contributed by atoms with Crippen LogP contribution < -0.4 is 11.1 Å². The molecule has 0 radical (unpaired) electrons. The topological polar surface area (TPSA) is 72.2 Å². The van der Waals surface area contributed by atoms with Crippen molar-refractivity contribution in [1.29, 1.82) is 0 Å². The zero-order chi connectivity index (χ0) is 15.5. The van der Waals surface area contributed by atoms with Gasteiger partial charge in [0.15, 0.2) is 0 Å². The predicted molar refractivity (Wildman–Crippen MR) is 77.8 cm³/mol. The highest BCUT2D eigenvalue weighted by Crippen LogP contribution is 2.20. The van der Waals surface area contributed by atoms with Gasteiger partial charge in [0.05, 0.1) is 4.90 Å². The maximum atomic E-state index is 12.4. The number of sulfone groups is 1. The summed E-state index contributed by atoms with van der Waals surface area (Å²) in [6.45, 7) is 0.515. The highest BCUT2D eigenvalue weighted by atomic mass is 32.2. The van der Waals surface area contributed by atoms with E-state index in [1.54, 1.807) is 12.1 Å². The van der Waals surface area contributed by atoms with E-state index in [9.17, 15) is 17.2 Å². The molecule has 2 rings (SSSR count). The molecule has 0 fully saturated rings. The number of nitrogens with one attached hydrogen (secondary N) is 1. The SMILES string of the molecule is Nc1ccc(CNc2ccc(S(=O)(=O)C(F)F)cc2)cc1. The monoisotopic (exact) mass is 312 g/mol. The first-order chi connectivity index (χ1) is 9.89. The van der Waals surface area contributed by atoms with E-state index in [1.165, 1.54) is 12.1 Å². The summed E-state index contributed by atoms with van der Waals surface area (Å²) in [6, 6.07) is 12.5. The number of hydrogen-bond acceptors (Lipinski definition) is 4. The van der Waals surface area contributed by atoms with E-state index in [2.05, 4.69) is 5.32 Å². The van der Waals surface area contributed by atoms with Crippen LogP contribution in [0.1, 0.15) is 5.56 Å². The van der Waals surface area contributed by atoms with Crippen molar-refractivity contribution in [1.82, 2.24) is 0 Å². The standard InChI is InChI=1S/C14H14F2N2O2S/c15-14(16)21(19,20)13-7-5-12(6-8-13)18-9-10-1-3-11(17)4-2-10/h1-8,14,18H,9,17H2. The molecule has 0 atom stereocenters. The molecule has 2 aromatic carbocycles. The molecule has 4 nitrogen and oxygen atoms in total. The lowest BCUT2D eigenvalue weighted by atomic mass is 10.2. The first-order valence-corrected chi connectivity index (χ1v) is 7.64. The average molecular weight is 312 g/mol. The second-order valence-electron chi connectivity index (χ2n) is 4.43. The highest BCUT2D eigenvalue weighted by molar-refractivity contribution is 7.91. The quantitative estimate of drug-likeness (QED) is 0.833. The highest BCUT2D eigenvalue weighted by Gasteiger charge is 2.26. The molecule has 0 saturated carbocycles. The van der Waals surface area contributed by atoms with Gasteiger partial charge in [-0.2, -0.15) is 8.78 Å². The number of nitrogens with two attached hydrogens (primary N) is 1. The first kappa shape index (κ1) is 15.2. The lowest BCUT2D eigenvalue weighted by molar-refractivity contribution is 0.234. The van der Waals surface area contributed by atoms with Gasteiger partial charge in [-0.3, -0.25) is 0 Å². The Hall–Kier alpha value is -2.15. The van der Waals surface area contributed by atoms with E-state index in [4.69, 9.17) is 5.73 Å². The number of halogens is 2. The van der Waals surface area contributed by atoms with Gasteiger partial charge in [0, 0.05) is 17.9 Å². The summed E-state index contributed by atoms with van der Waals surface area (Å²) < 4.78 is 47.3. The summed E-state index contributed by atoms with van der Waals surface area (Å²) in [5.41, 5.74) is 7.88. The molecule has 0 aliphatic heterocycles. The Morgan fingerprint density at radius 1 is 1.00 bits per heavy atom. The van der Waals surface area contributed by atoms with E-state index in [1.807, 2.05) is 12.1 Å². The zero-order valence-electron chi connectivity index (χ0n) is 11.0. The zero-order valence-corrected chi connectivity index (χ0v) is 11.8. The molecular weight excluding hydrogens is 298 g/mol. The van der Waals surface area contributed by atoms with Crippen molar-refractivity contribution in [2.75, 3.05) is 11.1 Å². The summed E-state index contributed by atoms with van der Waals surface area (Å²) in [7, 11) is -4.54. The van der Waals surface area contributed by atoms with Gasteiger partial charge in [-0.25, -0.2) is 8.42 Å². The van der Waals surface area contributed by atoms with Gasteiger partial charge in [0.25, 0.3) is 0 Å². The van der Waals surface area contributed by atoms with Gasteiger partial charge in [-0.15, -0.1) is 0 Å². The van der Waals surface area contributed by atoms with Crippen molar-refractivity contribution in [3.05, 3.63) is 54.1 Å². The van der Waals surface area contributed by atoms with Gasteiger partial charge in [-0.1, -0.05) is 12.1 Å². The minimum absolute atomic E-state index is 0.393. The molecule has 0 amide bonds. The molecule has 0 saturated heterocycles. The lowest BCUT2D eigenvalue weighted by Gasteiger charge is -2.08. The average Bonchev–Trinajstić information content (AvgIpc) is 2.47. The van der Waals surface area contributed by atoms with Crippen LogP contribution in [0.5, 0.6) is 0 Å². The Bertz CT molecular complexity index is 699. The summed E-state index contributed by atoms with van der Waals surface area (Å²) in [6.07, 6.45) is 0. The van der Waals surface area contributed by atoms with Crippen LogP contribution in [0.15, 0.2) is 53.4 Å². The maximum absolute atomic E-state index is 12.4. The number of rotatable bonds is 5. The minimum atomic E-state index is -4.54. The van der Waals surface area contributed by atoms with Crippen molar-refractivity contribution < 1.29 is 17.2 Å². The van der Waals surface area contributed by atoms with Crippen molar-refractivity contribution in [2.24, 2.45) is 0 Å². The van der Waals surface area contributed by atoms with Gasteiger partial charge in [0.1, 0.15) is 0 Å². The number of nitrogen functional groups attached to an aromatic ring is 1. The third-order valence-corrected chi connectivity index (χ3v) is 4.29. The Morgan fingerprint density at radius 2 is 1.57 bits per heavy atom. The van der Waals surface area contributed by atoms with Crippen LogP contribution in [0, 0.1) is 0 Å². The number of anilines is 2. The van der Waals surface area contributed by atoms with Crippen molar-refractivity contribution in [2.45, 2.75) is 17.2 Å². The molecule has 21 heavy (non-hydrogen) atoms. The molecule has 0 spiro atoms. The summed E-state index contributed by atoms with van der Waals surface area (Å²) in [4.78, 5) is -0.393. The van der Waals surface area contributed by atoms with Crippen LogP contribution in [-0.4, -0.2) is 14.2 Å². The predicted octanol–water partition coefficient (Wildman–Crippen LogP) is 2.88. The fourth-order valence-corrected chi connectivity index (χ4v) is 2.43. The molecule has 0 heterocycles. The second kappa shape index (κ2) is 6.09. The number of hydrogen-bond donors (Lipinski definition) is 2. The first-order valence-electron chi connectivity index (χ1n) is 6.10. The molecule has 0 aromatic heterocycles. The minimum Gasteiger partial charge on any atom is -0.399 e. The lowest BCUT2D eigenvalue weighted by Crippen LogP contribution is -2.11. The molecular formula is C14H14F2N2O2S. The van der Waals surface area contributed by atoms with Crippen LogP contribution in [0.3, 0.4) is 0 Å². The maximum Gasteiger partial charge on any atom is 0.341 e. The van der Waals surface area contributed by atoms with E-state index in [0.29, 0.717) is 17.9 Å². The molecule has 3 N–H and O–H groups in total. The van der Waals surface area contributed by atoms with Gasteiger partial charge in [0.2, 0.25) is 9.84 Å². The summed E-state index contributed by atoms with van der Waals surface area (Å²) >= 11 is 0. The van der Waals surface area contributed by atoms with Crippen molar-refractivity contribution in [3.63, 3.8) is 0 Å². The van der Waals surface area contributed by atoms with Crippen LogP contribution in [0.2, 0.25) is 0 Å². The summed E-state index contributed by atoms with van der Waals surface area (Å²) in [5.74, 6) is -3.41. The number of benzene rings is 2. The molecule has 0 unspecified atom stereocenters. The Labute approximate surface area is 121 Å². The van der Waals surface area contributed by atoms with E-state index in [0.717, 1.165) is 17.7 Å². The fraction of sp³-hybridized carbons (Fsp3) is 0.143. The largest absolute Gasteiger partial charge is 0.399 e. The van der Waals surface area contributed by atoms with Gasteiger partial charge in [-0.05, 0) is 42.0 Å². The molecule has 0 aliphatic carbocycles. The third-order valence-electron chi connectivity index (χ3n) is 2.89. The molecule has 2 aromatic rings. The Kier molecular flexibility index (Phi) is 4.42. The van der Waals surface area contributed by atoms with Gasteiger partial charge >= 0.3 is 5.76 Å². The Morgan fingerprint density at radius 3 is 2.10 bits per heavy atom. The van der Waals surface area contributed by atoms with Crippen LogP contribution in [0.25, 0.3) is 0 Å². The van der Waals surface area contributed by atoms with Crippen LogP contribution in [-0.2, 0) is 16.4 Å². The van der Waals surface area contributed by atoms with E-state index >= 15 is 0 Å². The molecule has 0 bridgehead atoms. The molecule has 0 aliphatic rings. The smallest absolute Gasteiger partial charge is 0.341 e. The summed E-state index contributed by atoms with van der Waals surface area (Å²) in [5, 5.41) is 3.07. The second-order valence-corrected chi connectivity index (χ2v) is 6.34. The van der Waals surface area contributed by atoms with E-state index < -0.39 is 20.5 Å². The van der Waals surface area contributed by atoms with Crippen molar-refractivity contribution >= 4 is 21.2 Å². The number of alkyl halides is 2. The van der Waals surface area contributed by atoms with Crippen LogP contribution in [0.4, 0.5) is 20.2 Å². The fourth-order valence-electron chi connectivity index (χ4n) is 1.70. The molecule has 7 heteroatoms. The van der Waals surface area contributed by atoms with Crippen LogP contribution >= 0.6 is 0 Å². The van der Waals surface area contributed by atoms with Gasteiger partial charge < -0.3 is 11.1 Å².